The Morgan fingerprint density at radius 2 is 1.74 bits per heavy atom. The van der Waals surface area contributed by atoms with Crippen molar-refractivity contribution in [2.45, 2.75) is 6.61 Å². The van der Waals surface area contributed by atoms with E-state index in [1.807, 2.05) is 29.2 Å². The average Bonchev–Trinajstić information content (AvgIpc) is 3.19. The third-order valence-corrected chi connectivity index (χ3v) is 5.03. The van der Waals surface area contributed by atoms with Crippen LogP contribution in [0.4, 0.5) is 14.5 Å². The molecule has 0 aliphatic carbocycles. The van der Waals surface area contributed by atoms with Gasteiger partial charge in [0, 0.05) is 37.3 Å². The highest BCUT2D eigenvalue weighted by atomic mass is 19.3. The lowest BCUT2D eigenvalue weighted by Crippen LogP contribution is -2.50. The van der Waals surface area contributed by atoms with E-state index in [1.165, 1.54) is 24.3 Å². The highest BCUT2D eigenvalue weighted by Gasteiger charge is 2.25. The normalized spacial score (nSPS) is 14.7. The second-order valence-corrected chi connectivity index (χ2v) is 7.17. The number of amides is 2. The molecule has 0 bridgehead atoms. The third-order valence-electron chi connectivity index (χ3n) is 5.03. The summed E-state index contributed by atoms with van der Waals surface area (Å²) in [4.78, 5) is 28.7. The van der Waals surface area contributed by atoms with Gasteiger partial charge in [0.25, 0.3) is 5.91 Å². The molecule has 7 nitrogen and oxygen atoms in total. The third kappa shape index (κ3) is 5.18. The van der Waals surface area contributed by atoms with Crippen LogP contribution in [-0.4, -0.2) is 60.9 Å². The van der Waals surface area contributed by atoms with Crippen molar-refractivity contribution in [3.8, 4) is 5.75 Å². The highest BCUT2D eigenvalue weighted by Crippen LogP contribution is 2.21. The number of carbonyl (C=O) groups is 2. The van der Waals surface area contributed by atoms with Gasteiger partial charge in [-0.15, -0.1) is 0 Å². The van der Waals surface area contributed by atoms with Crippen molar-refractivity contribution in [2.24, 2.45) is 0 Å². The summed E-state index contributed by atoms with van der Waals surface area (Å²) in [7, 11) is 0. The molecule has 162 valence electrons. The van der Waals surface area contributed by atoms with E-state index in [0.29, 0.717) is 43.2 Å². The zero-order valence-electron chi connectivity index (χ0n) is 16.6. The Bertz CT molecular complexity index is 1030. The molecule has 0 spiro atoms. The van der Waals surface area contributed by atoms with Gasteiger partial charge in [-0.25, -0.2) is 0 Å². The number of ether oxygens (including phenoxy) is 1. The highest BCUT2D eigenvalue weighted by molar-refractivity contribution is 5.96. The van der Waals surface area contributed by atoms with E-state index >= 15 is 0 Å². The molecule has 4 rings (SSSR count). The number of anilines is 1. The standard InChI is InChI=1S/C22H21F2N3O4/c23-22(24)30-17-7-5-16(6-8-17)25-20(28)14-26-9-11-27(12-10-26)21(29)19-13-15-3-1-2-4-18(15)31-19/h1-8,13,22H,9-12,14H2,(H,25,28). The monoisotopic (exact) mass is 429 g/mol. The molecule has 2 heterocycles. The van der Waals surface area contributed by atoms with Crippen LogP contribution in [0.15, 0.2) is 59.0 Å². The fourth-order valence-electron chi connectivity index (χ4n) is 3.48. The van der Waals surface area contributed by atoms with Crippen molar-refractivity contribution < 1.29 is 27.5 Å². The van der Waals surface area contributed by atoms with Gasteiger partial charge < -0.3 is 19.4 Å². The Morgan fingerprint density at radius 1 is 1.03 bits per heavy atom. The number of hydrogen-bond acceptors (Lipinski definition) is 5. The summed E-state index contributed by atoms with van der Waals surface area (Å²) in [5.74, 6) is -0.0455. The van der Waals surface area contributed by atoms with Gasteiger partial charge in [0.2, 0.25) is 5.91 Å². The number of piperazine rings is 1. The van der Waals surface area contributed by atoms with Gasteiger partial charge in [-0.1, -0.05) is 18.2 Å². The summed E-state index contributed by atoms with van der Waals surface area (Å²) >= 11 is 0. The molecule has 1 aromatic heterocycles. The van der Waals surface area contributed by atoms with Crippen molar-refractivity contribution in [1.82, 2.24) is 9.80 Å². The first kappa shape index (κ1) is 20.8. The maximum Gasteiger partial charge on any atom is 0.387 e. The van der Waals surface area contributed by atoms with Gasteiger partial charge in [0.1, 0.15) is 11.3 Å². The summed E-state index contributed by atoms with van der Waals surface area (Å²) in [5, 5.41) is 3.61. The second kappa shape index (κ2) is 9.13. The van der Waals surface area contributed by atoms with Gasteiger partial charge >= 0.3 is 6.61 Å². The Balaban J connectivity index is 1.25. The molecule has 1 saturated heterocycles. The second-order valence-electron chi connectivity index (χ2n) is 7.17. The number of alkyl halides is 2. The molecule has 0 saturated carbocycles. The summed E-state index contributed by atoms with van der Waals surface area (Å²) in [5.41, 5.74) is 1.17. The van der Waals surface area contributed by atoms with Gasteiger partial charge in [-0.05, 0) is 36.4 Å². The number of furan rings is 1. The first-order valence-electron chi connectivity index (χ1n) is 9.83. The molecule has 1 N–H and O–H groups in total. The summed E-state index contributed by atoms with van der Waals surface area (Å²) in [6.07, 6.45) is 0. The topological polar surface area (TPSA) is 75.0 Å². The largest absolute Gasteiger partial charge is 0.451 e. The Labute approximate surface area is 177 Å². The van der Waals surface area contributed by atoms with E-state index in [2.05, 4.69) is 10.1 Å². The van der Waals surface area contributed by atoms with Gasteiger partial charge in [0.05, 0.1) is 6.54 Å². The lowest BCUT2D eigenvalue weighted by atomic mass is 10.2. The minimum Gasteiger partial charge on any atom is -0.451 e. The van der Waals surface area contributed by atoms with Crippen LogP contribution < -0.4 is 10.1 Å². The number of carbonyl (C=O) groups excluding carboxylic acids is 2. The fraction of sp³-hybridized carbons (Fsp3) is 0.273. The van der Waals surface area contributed by atoms with Crippen LogP contribution >= 0.6 is 0 Å². The molecular weight excluding hydrogens is 408 g/mol. The zero-order valence-corrected chi connectivity index (χ0v) is 16.6. The average molecular weight is 429 g/mol. The zero-order chi connectivity index (χ0) is 21.8. The van der Waals surface area contributed by atoms with Crippen LogP contribution in [0.3, 0.4) is 0 Å². The van der Waals surface area contributed by atoms with Crippen LogP contribution in [-0.2, 0) is 4.79 Å². The maximum atomic E-state index is 12.7. The van der Waals surface area contributed by atoms with E-state index < -0.39 is 6.61 Å². The molecule has 0 unspecified atom stereocenters. The van der Waals surface area contributed by atoms with Crippen molar-refractivity contribution >= 4 is 28.5 Å². The molecule has 0 radical (unpaired) electrons. The van der Waals surface area contributed by atoms with E-state index in [1.54, 1.807) is 11.0 Å². The minimum absolute atomic E-state index is 0.0261. The first-order chi connectivity index (χ1) is 15.0. The minimum atomic E-state index is -2.89. The number of benzene rings is 2. The van der Waals surface area contributed by atoms with Crippen molar-refractivity contribution in [1.29, 1.82) is 0 Å². The molecule has 2 amide bonds. The number of hydrogen-bond donors (Lipinski definition) is 1. The maximum absolute atomic E-state index is 12.7. The number of para-hydroxylation sites is 1. The molecule has 1 aliphatic rings. The lowest BCUT2D eigenvalue weighted by molar-refractivity contribution is -0.117. The first-order valence-corrected chi connectivity index (χ1v) is 9.83. The van der Waals surface area contributed by atoms with Gasteiger partial charge in [-0.2, -0.15) is 8.78 Å². The van der Waals surface area contributed by atoms with Crippen LogP contribution in [0, 0.1) is 0 Å². The predicted octanol–water partition coefficient (Wildman–Crippen LogP) is 3.43. The van der Waals surface area contributed by atoms with Crippen molar-refractivity contribution in [3.63, 3.8) is 0 Å². The van der Waals surface area contributed by atoms with E-state index in [-0.39, 0.29) is 24.1 Å². The number of halogens is 2. The van der Waals surface area contributed by atoms with Crippen LogP contribution in [0.5, 0.6) is 5.75 Å². The quantitative estimate of drug-likeness (QED) is 0.650. The number of fused-ring (bicyclic) bond motifs is 1. The molecule has 2 aromatic carbocycles. The molecular formula is C22H21F2N3O4. The number of rotatable bonds is 6. The van der Waals surface area contributed by atoms with Gasteiger partial charge in [0.15, 0.2) is 5.76 Å². The van der Waals surface area contributed by atoms with Crippen molar-refractivity contribution in [2.75, 3.05) is 38.0 Å². The van der Waals surface area contributed by atoms with E-state index in [4.69, 9.17) is 4.42 Å². The molecule has 1 fully saturated rings. The Morgan fingerprint density at radius 3 is 2.42 bits per heavy atom. The predicted molar refractivity (Wildman–Crippen MR) is 110 cm³/mol. The SMILES string of the molecule is O=C(CN1CCN(C(=O)c2cc3ccccc3o2)CC1)Nc1ccc(OC(F)F)cc1. The molecule has 31 heavy (non-hydrogen) atoms. The summed E-state index contributed by atoms with van der Waals surface area (Å²) in [6, 6.07) is 14.9. The molecule has 3 aromatic rings. The summed E-state index contributed by atoms with van der Waals surface area (Å²) < 4.78 is 34.3. The van der Waals surface area contributed by atoms with Crippen LogP contribution in [0.25, 0.3) is 11.0 Å². The van der Waals surface area contributed by atoms with Crippen molar-refractivity contribution in [3.05, 3.63) is 60.4 Å². The molecule has 0 atom stereocenters. The lowest BCUT2D eigenvalue weighted by Gasteiger charge is -2.33. The van der Waals surface area contributed by atoms with Gasteiger partial charge in [-0.3, -0.25) is 14.5 Å². The molecule has 9 heteroatoms. The number of nitrogens with zero attached hydrogens (tertiary/aromatic N) is 2. The Hall–Kier alpha value is -3.46. The molecule has 1 aliphatic heterocycles. The summed E-state index contributed by atoms with van der Waals surface area (Å²) in [6.45, 7) is -0.632. The van der Waals surface area contributed by atoms with E-state index in [0.717, 1.165) is 5.39 Å². The number of nitrogens with one attached hydrogen (secondary N) is 1. The smallest absolute Gasteiger partial charge is 0.387 e. The Kier molecular flexibility index (Phi) is 6.13. The van der Waals surface area contributed by atoms with Crippen LogP contribution in [0.2, 0.25) is 0 Å². The van der Waals surface area contributed by atoms with E-state index in [9.17, 15) is 18.4 Å². The fourth-order valence-corrected chi connectivity index (χ4v) is 3.48. The van der Waals surface area contributed by atoms with Crippen LogP contribution in [0.1, 0.15) is 10.6 Å².